The van der Waals surface area contributed by atoms with Crippen LogP contribution in [-0.4, -0.2) is 42.9 Å². The van der Waals surface area contributed by atoms with E-state index < -0.39 is 53.8 Å². The lowest BCUT2D eigenvalue weighted by Gasteiger charge is -2.16. The number of rotatable bonds is 10. The van der Waals surface area contributed by atoms with Crippen molar-refractivity contribution in [2.45, 2.75) is 27.5 Å². The zero-order valence-electron chi connectivity index (χ0n) is 19.4. The molecular weight excluding hydrogens is 533 g/mol. The van der Waals surface area contributed by atoms with Crippen molar-refractivity contribution in [1.29, 1.82) is 0 Å². The van der Waals surface area contributed by atoms with Gasteiger partial charge in [-0.3, -0.25) is 4.79 Å². The van der Waals surface area contributed by atoms with E-state index in [4.69, 9.17) is 4.74 Å². The first-order valence-electron chi connectivity index (χ1n) is 10.7. The Morgan fingerprint density at radius 1 is 0.865 bits per heavy atom. The maximum absolute atomic E-state index is 13.6. The fourth-order valence-corrected chi connectivity index (χ4v) is 5.99. The Morgan fingerprint density at radius 3 is 2.11 bits per heavy atom. The van der Waals surface area contributed by atoms with E-state index in [-0.39, 0.29) is 11.4 Å². The van der Waals surface area contributed by atoms with Crippen molar-refractivity contribution in [3.63, 3.8) is 0 Å². The van der Waals surface area contributed by atoms with E-state index in [0.29, 0.717) is 30.4 Å². The lowest BCUT2D eigenvalue weighted by atomic mass is 10.1. The molecule has 13 heteroatoms. The lowest BCUT2D eigenvalue weighted by Crippen LogP contribution is -2.35. The van der Waals surface area contributed by atoms with Crippen LogP contribution in [0.15, 0.2) is 87.5 Å². The predicted molar refractivity (Wildman–Crippen MR) is 128 cm³/mol. The summed E-state index contributed by atoms with van der Waals surface area (Å²) in [5.74, 6) is -0.518. The molecule has 0 saturated carbocycles. The summed E-state index contributed by atoms with van der Waals surface area (Å²) in [5.41, 5.74) is -0.392. The normalized spacial score (nSPS) is 12.3. The third-order valence-electron chi connectivity index (χ3n) is 5.14. The third-order valence-corrected chi connectivity index (χ3v) is 8.41. The molecule has 37 heavy (non-hydrogen) atoms. The van der Waals surface area contributed by atoms with Gasteiger partial charge in [-0.25, -0.2) is 21.6 Å². The van der Waals surface area contributed by atoms with Gasteiger partial charge in [0.1, 0.15) is 0 Å². The van der Waals surface area contributed by atoms with Crippen molar-refractivity contribution in [3.05, 3.63) is 89.5 Å². The number of hydrogen-bond donors (Lipinski definition) is 2. The van der Waals surface area contributed by atoms with Crippen molar-refractivity contribution >= 4 is 25.8 Å². The largest absolute Gasteiger partial charge is 0.417 e. The van der Waals surface area contributed by atoms with Gasteiger partial charge in [-0.15, -0.1) is 0 Å². The number of carbonyl (C=O) groups excluding carboxylic acids is 1. The number of amides is 1. The van der Waals surface area contributed by atoms with Gasteiger partial charge in [0.25, 0.3) is 5.91 Å². The number of methoxy groups -OCH3 is 1. The second-order valence-corrected chi connectivity index (χ2v) is 11.4. The summed E-state index contributed by atoms with van der Waals surface area (Å²) in [6.45, 7) is -0.318. The van der Waals surface area contributed by atoms with E-state index >= 15 is 0 Å². The van der Waals surface area contributed by atoms with Gasteiger partial charge in [0.2, 0.25) is 19.9 Å². The molecule has 0 spiro atoms. The van der Waals surface area contributed by atoms with Gasteiger partial charge in [0.15, 0.2) is 0 Å². The minimum Gasteiger partial charge on any atom is -0.380 e. The standard InChI is InChI=1S/C24H23F3N2O6S2/c1-35-16-17-7-9-18(10-8-17)23(30)28-13-14-29-37(33,34)22-15-20(11-12-21(22)24(25,26)27)36(31,32)19-5-3-2-4-6-19/h2-12,15,29H,13-14,16H2,1H3,(H,28,30). The van der Waals surface area contributed by atoms with Crippen LogP contribution in [-0.2, 0) is 37.4 Å². The van der Waals surface area contributed by atoms with Crippen LogP contribution in [0.1, 0.15) is 21.5 Å². The quantitative estimate of drug-likeness (QED) is 0.370. The summed E-state index contributed by atoms with van der Waals surface area (Å²) in [6.07, 6.45) is -5.07. The number of benzene rings is 3. The summed E-state index contributed by atoms with van der Waals surface area (Å²) >= 11 is 0. The van der Waals surface area contributed by atoms with Crippen LogP contribution in [0.25, 0.3) is 0 Å². The lowest BCUT2D eigenvalue weighted by molar-refractivity contribution is -0.139. The van der Waals surface area contributed by atoms with E-state index in [1.165, 1.54) is 31.4 Å². The highest BCUT2D eigenvalue weighted by atomic mass is 32.2. The minimum absolute atomic E-state index is 0.205. The monoisotopic (exact) mass is 556 g/mol. The smallest absolute Gasteiger partial charge is 0.380 e. The van der Waals surface area contributed by atoms with E-state index in [2.05, 4.69) is 5.32 Å². The zero-order valence-corrected chi connectivity index (χ0v) is 21.1. The molecule has 0 aromatic heterocycles. The molecule has 3 aromatic carbocycles. The molecule has 198 valence electrons. The van der Waals surface area contributed by atoms with Gasteiger partial charge in [-0.2, -0.15) is 13.2 Å². The molecule has 0 unspecified atom stereocenters. The van der Waals surface area contributed by atoms with Gasteiger partial charge in [0.05, 0.1) is 26.9 Å². The van der Waals surface area contributed by atoms with Gasteiger partial charge < -0.3 is 10.1 Å². The van der Waals surface area contributed by atoms with E-state index in [9.17, 15) is 34.8 Å². The molecule has 3 rings (SSSR count). The van der Waals surface area contributed by atoms with Crippen LogP contribution < -0.4 is 10.0 Å². The molecule has 3 aromatic rings. The first-order valence-corrected chi connectivity index (χ1v) is 13.7. The van der Waals surface area contributed by atoms with Crippen molar-refractivity contribution in [2.24, 2.45) is 0 Å². The number of carbonyl (C=O) groups is 1. The molecule has 0 radical (unpaired) electrons. The molecule has 1 amide bonds. The SMILES string of the molecule is COCc1ccc(C(=O)NCCNS(=O)(=O)c2cc(S(=O)(=O)c3ccccc3)ccc2C(F)(F)F)cc1. The van der Waals surface area contributed by atoms with Gasteiger partial charge >= 0.3 is 6.18 Å². The summed E-state index contributed by atoms with van der Waals surface area (Å²) in [4.78, 5) is 10.2. The Hall–Kier alpha value is -3.26. The molecule has 0 fully saturated rings. The second-order valence-electron chi connectivity index (χ2n) is 7.76. The number of sulfone groups is 1. The zero-order chi connectivity index (χ0) is 27.3. The van der Waals surface area contributed by atoms with Gasteiger partial charge in [-0.1, -0.05) is 30.3 Å². The topological polar surface area (TPSA) is 119 Å². The average molecular weight is 557 g/mol. The molecule has 0 bridgehead atoms. The first kappa shape index (κ1) is 28.3. The van der Waals surface area contributed by atoms with E-state index in [0.717, 1.165) is 5.56 Å². The molecule has 0 aliphatic carbocycles. The summed E-state index contributed by atoms with van der Waals surface area (Å²) in [6, 6.07) is 14.9. The fraction of sp³-hybridized carbons (Fsp3) is 0.208. The highest BCUT2D eigenvalue weighted by molar-refractivity contribution is 7.91. The van der Waals surface area contributed by atoms with Gasteiger partial charge in [0, 0.05) is 25.8 Å². The Bertz CT molecular complexity index is 1460. The van der Waals surface area contributed by atoms with Crippen LogP contribution in [0, 0.1) is 0 Å². The van der Waals surface area contributed by atoms with Crippen molar-refractivity contribution in [1.82, 2.24) is 10.0 Å². The predicted octanol–water partition coefficient (Wildman–Crippen LogP) is 3.39. The molecule has 0 heterocycles. The number of alkyl halides is 3. The van der Waals surface area contributed by atoms with Crippen LogP contribution in [0.4, 0.5) is 13.2 Å². The maximum Gasteiger partial charge on any atom is 0.417 e. The Kier molecular flexibility index (Phi) is 8.74. The fourth-order valence-electron chi connectivity index (χ4n) is 3.32. The molecule has 0 atom stereocenters. The highest BCUT2D eigenvalue weighted by Gasteiger charge is 2.38. The van der Waals surface area contributed by atoms with E-state index in [1.807, 2.05) is 4.72 Å². The molecule has 0 aliphatic rings. The molecule has 0 aliphatic heterocycles. The molecule has 0 saturated heterocycles. The first-order chi connectivity index (χ1) is 17.4. The maximum atomic E-state index is 13.6. The van der Waals surface area contributed by atoms with Crippen molar-refractivity contribution < 1.29 is 39.5 Å². The van der Waals surface area contributed by atoms with Crippen LogP contribution in [0.5, 0.6) is 0 Å². The van der Waals surface area contributed by atoms with Crippen molar-refractivity contribution in [2.75, 3.05) is 20.2 Å². The summed E-state index contributed by atoms with van der Waals surface area (Å²) in [7, 11) is -7.57. The van der Waals surface area contributed by atoms with Gasteiger partial charge in [-0.05, 0) is 48.0 Å². The molecule has 2 N–H and O–H groups in total. The second kappa shape index (κ2) is 11.4. The van der Waals surface area contributed by atoms with Crippen LogP contribution >= 0.6 is 0 Å². The number of sulfonamides is 1. The van der Waals surface area contributed by atoms with Crippen LogP contribution in [0.3, 0.4) is 0 Å². The van der Waals surface area contributed by atoms with E-state index in [1.54, 1.807) is 30.3 Å². The Labute approximate surface area is 212 Å². The number of hydrogen-bond acceptors (Lipinski definition) is 6. The summed E-state index contributed by atoms with van der Waals surface area (Å²) < 4.78 is 99.0. The number of nitrogens with one attached hydrogen (secondary N) is 2. The Balaban J connectivity index is 1.78. The Morgan fingerprint density at radius 2 is 1.51 bits per heavy atom. The summed E-state index contributed by atoms with van der Waals surface area (Å²) in [5, 5.41) is 2.46. The van der Waals surface area contributed by atoms with Crippen molar-refractivity contribution in [3.8, 4) is 0 Å². The highest BCUT2D eigenvalue weighted by Crippen LogP contribution is 2.36. The average Bonchev–Trinajstić information content (AvgIpc) is 2.87. The number of ether oxygens (including phenoxy) is 1. The minimum atomic E-state index is -5.07. The molecular formula is C24H23F3N2O6S2. The van der Waals surface area contributed by atoms with Crippen LogP contribution in [0.2, 0.25) is 0 Å². The molecule has 8 nitrogen and oxygen atoms in total. The third kappa shape index (κ3) is 6.95. The number of halogens is 3.